The molecular formula is C24H32ClN3O4S. The van der Waals surface area contributed by atoms with E-state index in [1.807, 2.05) is 32.0 Å². The number of benzene rings is 2. The molecule has 2 amide bonds. The Morgan fingerprint density at radius 3 is 2.42 bits per heavy atom. The summed E-state index contributed by atoms with van der Waals surface area (Å²) < 4.78 is 26.1. The van der Waals surface area contributed by atoms with Crippen molar-refractivity contribution >= 4 is 39.1 Å². The van der Waals surface area contributed by atoms with Gasteiger partial charge < -0.3 is 10.2 Å². The van der Waals surface area contributed by atoms with Crippen LogP contribution in [-0.2, 0) is 26.2 Å². The van der Waals surface area contributed by atoms with Crippen LogP contribution in [0.2, 0.25) is 5.02 Å². The molecule has 0 heterocycles. The van der Waals surface area contributed by atoms with Gasteiger partial charge in [-0.3, -0.25) is 13.9 Å². The van der Waals surface area contributed by atoms with Crippen molar-refractivity contribution in [1.82, 2.24) is 10.2 Å². The Kier molecular flexibility index (Phi) is 9.73. The lowest BCUT2D eigenvalue weighted by molar-refractivity contribution is -0.140. The van der Waals surface area contributed by atoms with E-state index in [1.54, 1.807) is 37.3 Å². The molecule has 9 heteroatoms. The highest BCUT2D eigenvalue weighted by Crippen LogP contribution is 2.23. The number of amides is 2. The summed E-state index contributed by atoms with van der Waals surface area (Å²) in [4.78, 5) is 27.1. The smallest absolute Gasteiger partial charge is 0.242 e. The number of nitrogens with one attached hydrogen (secondary N) is 1. The Hall–Kier alpha value is -2.58. The minimum absolute atomic E-state index is 0.0994. The molecule has 0 spiro atoms. The minimum atomic E-state index is -3.52. The fourth-order valence-corrected chi connectivity index (χ4v) is 4.80. The predicted octanol–water partition coefficient (Wildman–Crippen LogP) is 3.75. The fraction of sp³-hybridized carbons (Fsp3) is 0.417. The monoisotopic (exact) mass is 493 g/mol. The third kappa shape index (κ3) is 7.75. The van der Waals surface area contributed by atoms with Gasteiger partial charge in [0.15, 0.2) is 0 Å². The maximum Gasteiger partial charge on any atom is 0.242 e. The number of hydrogen-bond donors (Lipinski definition) is 1. The lowest BCUT2D eigenvalue weighted by Gasteiger charge is -2.29. The first-order valence-electron chi connectivity index (χ1n) is 10.9. The highest BCUT2D eigenvalue weighted by atomic mass is 35.5. The number of halogens is 1. The molecule has 1 N–H and O–H groups in total. The van der Waals surface area contributed by atoms with Gasteiger partial charge >= 0.3 is 0 Å². The van der Waals surface area contributed by atoms with Crippen molar-refractivity contribution in [3.63, 3.8) is 0 Å². The Labute approximate surface area is 201 Å². The SMILES string of the molecule is CCNC(=O)[C@H](C)N(Cc1cccc(Cl)c1)C(=O)CCCN(c1ccccc1C)S(C)(=O)=O. The second-order valence-corrected chi connectivity index (χ2v) is 10.3. The van der Waals surface area contributed by atoms with Crippen molar-refractivity contribution in [2.75, 3.05) is 23.7 Å². The van der Waals surface area contributed by atoms with E-state index >= 15 is 0 Å². The van der Waals surface area contributed by atoms with Crippen LogP contribution in [0.3, 0.4) is 0 Å². The summed E-state index contributed by atoms with van der Waals surface area (Å²) in [5.74, 6) is -0.475. The number of aryl methyl sites for hydroxylation is 1. The first kappa shape index (κ1) is 26.7. The molecule has 1 atom stereocenters. The van der Waals surface area contributed by atoms with E-state index in [0.29, 0.717) is 23.7 Å². The number of anilines is 1. The molecule has 2 rings (SSSR count). The molecule has 0 aromatic heterocycles. The quantitative estimate of drug-likeness (QED) is 0.516. The normalized spacial score (nSPS) is 12.2. The summed E-state index contributed by atoms with van der Waals surface area (Å²) in [5, 5.41) is 3.30. The fourth-order valence-electron chi connectivity index (χ4n) is 3.56. The van der Waals surface area contributed by atoms with E-state index in [4.69, 9.17) is 11.6 Å². The Balaban J connectivity index is 2.16. The van der Waals surface area contributed by atoms with Gasteiger partial charge in [0, 0.05) is 31.1 Å². The molecule has 0 aliphatic rings. The molecule has 0 fully saturated rings. The van der Waals surface area contributed by atoms with Crippen LogP contribution < -0.4 is 9.62 Å². The number of sulfonamides is 1. The zero-order chi connectivity index (χ0) is 24.6. The van der Waals surface area contributed by atoms with E-state index < -0.39 is 16.1 Å². The maximum atomic E-state index is 13.2. The van der Waals surface area contributed by atoms with Crippen molar-refractivity contribution in [3.8, 4) is 0 Å². The van der Waals surface area contributed by atoms with Gasteiger partial charge in [-0.05, 0) is 56.5 Å². The third-order valence-electron chi connectivity index (χ3n) is 5.30. The van der Waals surface area contributed by atoms with Crippen molar-refractivity contribution in [1.29, 1.82) is 0 Å². The average Bonchev–Trinajstić information content (AvgIpc) is 2.74. The van der Waals surface area contributed by atoms with Gasteiger partial charge in [0.05, 0.1) is 11.9 Å². The molecular weight excluding hydrogens is 462 g/mol. The first-order chi connectivity index (χ1) is 15.5. The third-order valence-corrected chi connectivity index (χ3v) is 6.71. The van der Waals surface area contributed by atoms with Crippen LogP contribution >= 0.6 is 11.6 Å². The summed E-state index contributed by atoms with van der Waals surface area (Å²) in [6, 6.07) is 13.7. The highest BCUT2D eigenvalue weighted by molar-refractivity contribution is 7.92. The second kappa shape index (κ2) is 12.0. The number of nitrogens with zero attached hydrogens (tertiary/aromatic N) is 2. The first-order valence-corrected chi connectivity index (χ1v) is 13.1. The molecule has 0 saturated carbocycles. The van der Waals surface area contributed by atoms with Crippen molar-refractivity contribution < 1.29 is 18.0 Å². The molecule has 0 aliphatic heterocycles. The lowest BCUT2D eigenvalue weighted by atomic mass is 10.1. The van der Waals surface area contributed by atoms with Crippen LogP contribution in [-0.4, -0.2) is 50.5 Å². The Morgan fingerprint density at radius 1 is 1.12 bits per heavy atom. The maximum absolute atomic E-state index is 13.2. The van der Waals surface area contributed by atoms with Gasteiger partial charge in [0.2, 0.25) is 21.8 Å². The lowest BCUT2D eigenvalue weighted by Crippen LogP contribution is -2.47. The van der Waals surface area contributed by atoms with Crippen LogP contribution in [0.25, 0.3) is 0 Å². The zero-order valence-corrected chi connectivity index (χ0v) is 21.1. The molecule has 2 aromatic carbocycles. The molecule has 0 saturated heterocycles. The van der Waals surface area contributed by atoms with E-state index in [2.05, 4.69) is 5.32 Å². The van der Waals surface area contributed by atoms with Gasteiger partial charge in [-0.1, -0.05) is 41.9 Å². The molecule has 0 unspecified atom stereocenters. The summed E-state index contributed by atoms with van der Waals surface area (Å²) in [6.07, 6.45) is 1.57. The summed E-state index contributed by atoms with van der Waals surface area (Å²) in [7, 11) is -3.52. The van der Waals surface area contributed by atoms with Crippen molar-refractivity contribution in [3.05, 3.63) is 64.7 Å². The topological polar surface area (TPSA) is 86.8 Å². The Morgan fingerprint density at radius 2 is 1.82 bits per heavy atom. The molecule has 0 bridgehead atoms. The van der Waals surface area contributed by atoms with E-state index in [0.717, 1.165) is 17.4 Å². The standard InChI is InChI=1S/C24H32ClN3O4S/c1-5-26-24(30)19(3)27(17-20-11-8-12-21(25)16-20)23(29)14-9-15-28(33(4,31)32)22-13-7-6-10-18(22)2/h6-8,10-13,16,19H,5,9,14-15,17H2,1-4H3,(H,26,30)/t19-/m0/s1. The van der Waals surface area contributed by atoms with Crippen LogP contribution in [0.5, 0.6) is 0 Å². The summed E-state index contributed by atoms with van der Waals surface area (Å²) >= 11 is 6.09. The largest absolute Gasteiger partial charge is 0.355 e. The predicted molar refractivity (Wildman–Crippen MR) is 133 cm³/mol. The highest BCUT2D eigenvalue weighted by Gasteiger charge is 2.26. The summed E-state index contributed by atoms with van der Waals surface area (Å²) in [6.45, 7) is 6.20. The van der Waals surface area contributed by atoms with Crippen LogP contribution in [0.1, 0.15) is 37.8 Å². The minimum Gasteiger partial charge on any atom is -0.355 e. The number of carbonyl (C=O) groups excluding carboxylic acids is 2. The van der Waals surface area contributed by atoms with E-state index in [-0.39, 0.29) is 31.3 Å². The van der Waals surface area contributed by atoms with Gasteiger partial charge in [0.25, 0.3) is 0 Å². The van der Waals surface area contributed by atoms with Crippen LogP contribution in [0.15, 0.2) is 48.5 Å². The van der Waals surface area contributed by atoms with Crippen molar-refractivity contribution in [2.45, 2.75) is 46.2 Å². The number of hydrogen-bond acceptors (Lipinski definition) is 4. The van der Waals surface area contributed by atoms with E-state index in [9.17, 15) is 18.0 Å². The van der Waals surface area contributed by atoms with E-state index in [1.165, 1.54) is 9.21 Å². The number of para-hydroxylation sites is 1. The molecule has 180 valence electrons. The van der Waals surface area contributed by atoms with Crippen LogP contribution in [0.4, 0.5) is 5.69 Å². The molecule has 0 aliphatic carbocycles. The van der Waals surface area contributed by atoms with Gasteiger partial charge in [-0.2, -0.15) is 0 Å². The number of rotatable bonds is 11. The molecule has 2 aromatic rings. The number of carbonyl (C=O) groups is 2. The molecule has 7 nitrogen and oxygen atoms in total. The summed E-state index contributed by atoms with van der Waals surface area (Å²) in [5.41, 5.74) is 2.24. The Bertz CT molecular complexity index is 1070. The van der Waals surface area contributed by atoms with Gasteiger partial charge in [0.1, 0.15) is 6.04 Å². The van der Waals surface area contributed by atoms with Gasteiger partial charge in [-0.25, -0.2) is 8.42 Å². The van der Waals surface area contributed by atoms with Gasteiger partial charge in [-0.15, -0.1) is 0 Å². The van der Waals surface area contributed by atoms with Crippen molar-refractivity contribution in [2.24, 2.45) is 0 Å². The number of likely N-dealkylation sites (N-methyl/N-ethyl adjacent to an activating group) is 1. The zero-order valence-electron chi connectivity index (χ0n) is 19.5. The molecule has 33 heavy (non-hydrogen) atoms. The van der Waals surface area contributed by atoms with Crippen LogP contribution in [0, 0.1) is 6.92 Å². The average molecular weight is 494 g/mol. The second-order valence-electron chi connectivity index (χ2n) is 7.95. The molecule has 0 radical (unpaired) electrons.